The fourth-order valence-corrected chi connectivity index (χ4v) is 7.42. The van der Waals surface area contributed by atoms with Crippen molar-refractivity contribution in [2.45, 2.75) is 58.9 Å². The first kappa shape index (κ1) is 31.8. The third-order valence-corrected chi connectivity index (χ3v) is 11.2. The molecule has 0 N–H and O–H groups in total. The van der Waals surface area contributed by atoms with Gasteiger partial charge in [-0.05, 0) is 90.2 Å². The second-order valence-corrected chi connectivity index (χ2v) is 14.1. The molecule has 0 fully saturated rings. The Morgan fingerprint density at radius 2 is 1.12 bits per heavy atom. The summed E-state index contributed by atoms with van der Waals surface area (Å²) in [7, 11) is -2.12. The lowest BCUT2D eigenvalue weighted by molar-refractivity contribution is 0.414. The Morgan fingerprint density at radius 1 is 0.683 bits per heavy atom. The topological polar surface area (TPSA) is 52.6 Å². The number of rotatable bonds is 10. The molecule has 0 aromatic heterocycles. The highest BCUT2D eigenvalue weighted by atomic mass is 79.9. The van der Waals surface area contributed by atoms with Gasteiger partial charge >= 0.3 is 0 Å². The Labute approximate surface area is 268 Å². The summed E-state index contributed by atoms with van der Waals surface area (Å²) in [5.41, 5.74) is 8.15. The summed E-state index contributed by atoms with van der Waals surface area (Å²) < 4.78 is 37.8. The number of benzene rings is 4. The van der Waals surface area contributed by atoms with E-state index in [1.54, 1.807) is 55.6 Å². The van der Waals surface area contributed by atoms with Crippen LogP contribution < -0.4 is 9.47 Å². The average molecular weight is 765 g/mol. The lowest BCUT2D eigenvalue weighted by atomic mass is 9.75. The van der Waals surface area contributed by atoms with Crippen molar-refractivity contribution in [1.29, 1.82) is 0 Å². The Morgan fingerprint density at radius 3 is 1.59 bits per heavy atom. The number of hydrogen-bond acceptors (Lipinski definition) is 4. The van der Waals surface area contributed by atoms with E-state index in [2.05, 4.69) is 99.8 Å². The van der Waals surface area contributed by atoms with E-state index in [1.165, 1.54) is 27.8 Å². The van der Waals surface area contributed by atoms with Crippen molar-refractivity contribution in [2.75, 3.05) is 7.11 Å². The highest BCUT2D eigenvalue weighted by Crippen LogP contribution is 2.40. The van der Waals surface area contributed by atoms with Crippen molar-refractivity contribution >= 4 is 57.6 Å². The van der Waals surface area contributed by atoms with Crippen LogP contribution in [0.25, 0.3) is 0 Å². The number of alkyl halides is 3. The first-order valence-electron chi connectivity index (χ1n) is 13.1. The smallest absolute Gasteiger partial charge is 0.206 e. The van der Waals surface area contributed by atoms with E-state index in [9.17, 15) is 8.42 Å². The maximum atomic E-state index is 13.1. The molecule has 0 heterocycles. The number of hydrogen-bond donors (Lipinski definition) is 0. The van der Waals surface area contributed by atoms with Gasteiger partial charge in [-0.25, -0.2) is 8.42 Å². The van der Waals surface area contributed by atoms with Gasteiger partial charge in [0.15, 0.2) is 0 Å². The minimum absolute atomic E-state index is 0.199. The summed E-state index contributed by atoms with van der Waals surface area (Å²) in [6.07, 6.45) is 0. The Hall–Kier alpha value is -2.13. The molecule has 0 amide bonds. The molecular weight excluding hydrogens is 732 g/mol. The van der Waals surface area contributed by atoms with Crippen molar-refractivity contribution in [1.82, 2.24) is 0 Å². The van der Waals surface area contributed by atoms with Gasteiger partial charge in [-0.3, -0.25) is 0 Å². The van der Waals surface area contributed by atoms with Crippen molar-refractivity contribution in [3.63, 3.8) is 0 Å². The Kier molecular flexibility index (Phi) is 10.1. The lowest BCUT2D eigenvalue weighted by Gasteiger charge is -2.29. The monoisotopic (exact) mass is 762 g/mol. The molecule has 216 valence electrons. The van der Waals surface area contributed by atoms with Gasteiger partial charge in [0.2, 0.25) is 9.84 Å². The largest absolute Gasteiger partial charge is 0.497 e. The standard InChI is InChI=1S/C33H33Br3O4S/c1-21-14-26(15-23(18-34)22(21)2)33(3,4)27-16-24(19-35)32(25(17-27)20-36)40-29-8-12-31(13-9-29)41(37,38)30-10-6-28(39-5)7-11-30/h6-17H,18-20H2,1-5H3. The van der Waals surface area contributed by atoms with E-state index in [4.69, 9.17) is 9.47 Å². The summed E-state index contributed by atoms with van der Waals surface area (Å²) in [6.45, 7) is 8.84. The van der Waals surface area contributed by atoms with E-state index in [1.807, 2.05) is 0 Å². The highest BCUT2D eigenvalue weighted by molar-refractivity contribution is 9.09. The van der Waals surface area contributed by atoms with Crippen LogP contribution in [0.5, 0.6) is 17.2 Å². The predicted molar refractivity (Wildman–Crippen MR) is 177 cm³/mol. The number of sulfone groups is 1. The summed E-state index contributed by atoms with van der Waals surface area (Å²) in [5.74, 6) is 1.92. The van der Waals surface area contributed by atoms with Crippen LogP contribution in [0.4, 0.5) is 0 Å². The van der Waals surface area contributed by atoms with E-state index in [0.29, 0.717) is 22.2 Å². The molecule has 0 saturated heterocycles. The zero-order chi connectivity index (χ0) is 29.9. The molecule has 8 heteroatoms. The van der Waals surface area contributed by atoms with Gasteiger partial charge < -0.3 is 9.47 Å². The van der Waals surface area contributed by atoms with Crippen LogP contribution in [0.15, 0.2) is 82.6 Å². The zero-order valence-corrected chi connectivity index (χ0v) is 29.3. The molecular formula is C33H33Br3O4S. The van der Waals surface area contributed by atoms with Crippen LogP contribution in [0.3, 0.4) is 0 Å². The SMILES string of the molecule is COc1ccc(S(=O)(=O)c2ccc(Oc3c(CBr)cc(C(C)(C)c4cc(C)c(C)c(CBr)c4)cc3CBr)cc2)cc1. The van der Waals surface area contributed by atoms with Crippen LogP contribution in [0, 0.1) is 13.8 Å². The molecule has 0 saturated carbocycles. The van der Waals surface area contributed by atoms with Crippen molar-refractivity contribution in [3.8, 4) is 17.2 Å². The first-order chi connectivity index (χ1) is 19.5. The molecule has 4 rings (SSSR count). The molecule has 4 aromatic rings. The highest BCUT2D eigenvalue weighted by Gasteiger charge is 2.27. The van der Waals surface area contributed by atoms with Crippen molar-refractivity contribution in [2.24, 2.45) is 0 Å². The number of aryl methyl sites for hydroxylation is 1. The number of methoxy groups -OCH3 is 1. The van der Waals surface area contributed by atoms with Crippen LogP contribution in [0.1, 0.15) is 52.8 Å². The summed E-state index contributed by atoms with van der Waals surface area (Å²) >= 11 is 11.0. The maximum Gasteiger partial charge on any atom is 0.206 e. The van der Waals surface area contributed by atoms with E-state index in [-0.39, 0.29) is 15.2 Å². The molecule has 0 atom stereocenters. The molecule has 0 aliphatic rings. The van der Waals surface area contributed by atoms with Gasteiger partial charge in [-0.1, -0.05) is 85.9 Å². The van der Waals surface area contributed by atoms with Gasteiger partial charge in [-0.2, -0.15) is 0 Å². The minimum Gasteiger partial charge on any atom is -0.497 e. The minimum atomic E-state index is -3.67. The lowest BCUT2D eigenvalue weighted by Crippen LogP contribution is -2.20. The molecule has 0 aliphatic heterocycles. The molecule has 41 heavy (non-hydrogen) atoms. The van der Waals surface area contributed by atoms with Crippen molar-refractivity contribution < 1.29 is 17.9 Å². The summed E-state index contributed by atoms with van der Waals surface area (Å²) in [6, 6.07) is 21.9. The molecule has 4 aromatic carbocycles. The summed E-state index contributed by atoms with van der Waals surface area (Å²) in [4.78, 5) is 0.408. The van der Waals surface area contributed by atoms with Crippen LogP contribution in [-0.2, 0) is 31.2 Å². The number of ether oxygens (including phenoxy) is 2. The fourth-order valence-electron chi connectivity index (χ4n) is 4.74. The molecule has 0 bridgehead atoms. The average Bonchev–Trinajstić information content (AvgIpc) is 2.98. The normalized spacial score (nSPS) is 11.9. The molecule has 0 radical (unpaired) electrons. The molecule has 0 spiro atoms. The third-order valence-electron chi connectivity index (χ3n) is 7.62. The molecule has 0 unspecified atom stereocenters. The van der Waals surface area contributed by atoms with Gasteiger partial charge in [0.05, 0.1) is 16.9 Å². The molecule has 0 aliphatic carbocycles. The first-order valence-corrected chi connectivity index (χ1v) is 17.9. The Bertz CT molecular complexity index is 1620. The van der Waals surface area contributed by atoms with Crippen LogP contribution in [-0.4, -0.2) is 15.5 Å². The number of halogens is 3. The third kappa shape index (κ3) is 6.61. The second-order valence-electron chi connectivity index (χ2n) is 10.5. The van der Waals surface area contributed by atoms with Crippen molar-refractivity contribution in [3.05, 3.63) is 112 Å². The quantitative estimate of drug-likeness (QED) is 0.151. The predicted octanol–water partition coefficient (Wildman–Crippen LogP) is 9.95. The van der Waals surface area contributed by atoms with Crippen LogP contribution in [0.2, 0.25) is 0 Å². The van der Waals surface area contributed by atoms with Gasteiger partial charge in [-0.15, -0.1) is 0 Å². The fraction of sp³-hybridized carbons (Fsp3) is 0.273. The van der Waals surface area contributed by atoms with Gasteiger partial charge in [0, 0.05) is 32.5 Å². The zero-order valence-electron chi connectivity index (χ0n) is 23.7. The van der Waals surface area contributed by atoms with Crippen LogP contribution >= 0.6 is 47.8 Å². The Balaban J connectivity index is 1.67. The van der Waals surface area contributed by atoms with Gasteiger partial charge in [0.25, 0.3) is 0 Å². The second kappa shape index (κ2) is 13.0. The summed E-state index contributed by atoms with van der Waals surface area (Å²) in [5, 5.41) is 2.03. The maximum absolute atomic E-state index is 13.1. The van der Waals surface area contributed by atoms with E-state index in [0.717, 1.165) is 22.2 Å². The van der Waals surface area contributed by atoms with E-state index < -0.39 is 9.84 Å². The molecule has 4 nitrogen and oxygen atoms in total. The van der Waals surface area contributed by atoms with E-state index >= 15 is 0 Å². The van der Waals surface area contributed by atoms with Gasteiger partial charge in [0.1, 0.15) is 17.2 Å².